The second-order valence-electron chi connectivity index (χ2n) is 0. The predicted octanol–water partition coefficient (Wildman–Crippen LogP) is -1.34. The van der Waals surface area contributed by atoms with Gasteiger partial charge in [0.2, 0.25) is 0 Å². The Bertz CT molecular complexity index is 13.5. The molecule has 0 fully saturated rings. The molecular formula is H5CuMgSiZn. The van der Waals surface area contributed by atoms with Crippen LogP contribution in [0.3, 0.4) is 0 Å². The van der Waals surface area contributed by atoms with Crippen molar-refractivity contribution in [2.24, 2.45) is 0 Å². The Balaban J connectivity index is 0. The minimum absolute atomic E-state index is 0. The Labute approximate surface area is 72.9 Å². The predicted molar refractivity (Wildman–Crippen MR) is 17.9 cm³/mol. The van der Waals surface area contributed by atoms with E-state index in [-0.39, 0.29) is 73.4 Å². The molecule has 2 radical (unpaired) electrons. The largest absolute Gasteiger partial charge is 2.00 e. The minimum Gasteiger partial charge on any atom is -1.00 e. The van der Waals surface area contributed by atoms with E-state index < -0.39 is 0 Å². The molecule has 4 heavy (non-hydrogen) atoms. The monoisotopic (exact) mass is 184 g/mol. The van der Waals surface area contributed by atoms with Gasteiger partial charge in [0, 0.05) is 36.5 Å². The Hall–Kier alpha value is 2.13. The second kappa shape index (κ2) is 19.3. The molecule has 0 atom stereocenters. The molecule has 0 saturated heterocycles. The van der Waals surface area contributed by atoms with Gasteiger partial charge in [-0.15, -0.1) is 0 Å². The van der Waals surface area contributed by atoms with E-state index in [1.165, 1.54) is 0 Å². The Morgan fingerprint density at radius 1 is 1.25 bits per heavy atom. The van der Waals surface area contributed by atoms with E-state index in [1.54, 1.807) is 0 Å². The van der Waals surface area contributed by atoms with Crippen LogP contribution in [0.4, 0.5) is 0 Å². The van der Waals surface area contributed by atoms with Gasteiger partial charge >= 0.3 is 23.1 Å². The first-order valence-electron chi connectivity index (χ1n) is 0. The van der Waals surface area contributed by atoms with Crippen molar-refractivity contribution in [3.05, 3.63) is 0 Å². The second-order valence-corrected chi connectivity index (χ2v) is 0. The van der Waals surface area contributed by atoms with Crippen molar-refractivity contribution in [2.45, 2.75) is 0 Å². The number of rotatable bonds is 0. The first kappa shape index (κ1) is 35.6. The number of hydrogen-bond acceptors (Lipinski definition) is 0. The summed E-state index contributed by atoms with van der Waals surface area (Å²) in [7, 11) is 0. The summed E-state index contributed by atoms with van der Waals surface area (Å²) in [5, 5.41) is 0. The fourth-order valence-electron chi connectivity index (χ4n) is 0. The molecule has 0 aliphatic carbocycles. The van der Waals surface area contributed by atoms with Crippen LogP contribution in [-0.4, -0.2) is 34.0 Å². The third-order valence-electron chi connectivity index (χ3n) is 0. The van der Waals surface area contributed by atoms with E-state index in [4.69, 9.17) is 0 Å². The van der Waals surface area contributed by atoms with Crippen LogP contribution >= 0.6 is 0 Å². The SMILES string of the molecule is [Cu].[H-].[H-].[Mg+2].[SiH3].[Zn]. The fraction of sp³-hybridized carbons (Fsp3) is 0. The summed E-state index contributed by atoms with van der Waals surface area (Å²) < 4.78 is 0. The van der Waals surface area contributed by atoms with Gasteiger partial charge in [-0.05, 0) is 11.0 Å². The summed E-state index contributed by atoms with van der Waals surface area (Å²) in [5.41, 5.74) is 0. The van der Waals surface area contributed by atoms with Crippen LogP contribution < -0.4 is 0 Å². The van der Waals surface area contributed by atoms with Gasteiger partial charge in [0.25, 0.3) is 0 Å². The van der Waals surface area contributed by atoms with E-state index in [1.807, 2.05) is 0 Å². The van der Waals surface area contributed by atoms with Gasteiger partial charge in [-0.25, -0.2) is 0 Å². The van der Waals surface area contributed by atoms with Crippen molar-refractivity contribution >= 4 is 34.0 Å². The van der Waals surface area contributed by atoms with Gasteiger partial charge < -0.3 is 2.85 Å². The van der Waals surface area contributed by atoms with Crippen LogP contribution in [0.15, 0.2) is 0 Å². The van der Waals surface area contributed by atoms with Crippen LogP contribution in [0.25, 0.3) is 0 Å². The Morgan fingerprint density at radius 2 is 1.25 bits per heavy atom. The third kappa shape index (κ3) is 8.92. The topological polar surface area (TPSA) is 0 Å². The molecule has 0 unspecified atom stereocenters. The quantitative estimate of drug-likeness (QED) is 0.411. The van der Waals surface area contributed by atoms with E-state index in [2.05, 4.69) is 0 Å². The van der Waals surface area contributed by atoms with Crippen molar-refractivity contribution in [1.82, 2.24) is 0 Å². The zero-order valence-corrected chi connectivity index (χ0v) is 10.0. The molecule has 0 spiro atoms. The summed E-state index contributed by atoms with van der Waals surface area (Å²) in [5.74, 6) is 0. The molecule has 0 heterocycles. The summed E-state index contributed by atoms with van der Waals surface area (Å²) in [6.45, 7) is 0. The average Bonchev–Trinajstić information content (AvgIpc) is 0. The standard InChI is InChI=1S/Cu.Mg.H3Si.Zn.2H/h;;1H3;;;/q;+2;;;2*-1. The smallest absolute Gasteiger partial charge is 1.00 e. The molecular weight excluding hydrogens is 181 g/mol. The first-order valence-corrected chi connectivity index (χ1v) is 0. The van der Waals surface area contributed by atoms with Crippen LogP contribution in [-0.2, 0) is 36.5 Å². The van der Waals surface area contributed by atoms with E-state index in [9.17, 15) is 0 Å². The molecule has 0 aromatic heterocycles. The van der Waals surface area contributed by atoms with Crippen molar-refractivity contribution in [3.63, 3.8) is 0 Å². The molecule has 24 valence electrons. The van der Waals surface area contributed by atoms with Gasteiger partial charge in [0.05, 0.1) is 0 Å². The molecule has 0 nitrogen and oxygen atoms in total. The molecule has 4 heteroatoms. The first-order chi connectivity index (χ1) is 0. The minimum atomic E-state index is 0. The normalized spacial score (nSPS) is 0. The molecule has 0 N–H and O–H groups in total. The molecule has 0 aromatic carbocycles. The summed E-state index contributed by atoms with van der Waals surface area (Å²) in [6.07, 6.45) is 0. The zero-order chi connectivity index (χ0) is 0. The summed E-state index contributed by atoms with van der Waals surface area (Å²) in [4.78, 5) is 0. The molecule has 0 aliphatic heterocycles. The zero-order valence-electron chi connectivity index (χ0n) is 4.72. The third-order valence-corrected chi connectivity index (χ3v) is 0. The van der Waals surface area contributed by atoms with Gasteiger partial charge in [-0.3, -0.25) is 0 Å². The van der Waals surface area contributed by atoms with Gasteiger partial charge in [0.1, 0.15) is 0 Å². The maximum Gasteiger partial charge on any atom is 2.00 e. The van der Waals surface area contributed by atoms with E-state index in [0.717, 1.165) is 0 Å². The molecule has 0 amide bonds. The molecule has 0 aromatic rings. The van der Waals surface area contributed by atoms with Crippen molar-refractivity contribution < 1.29 is 39.4 Å². The average molecular weight is 186 g/mol. The maximum absolute atomic E-state index is 0. The molecule has 0 saturated carbocycles. The van der Waals surface area contributed by atoms with Gasteiger partial charge in [-0.1, -0.05) is 0 Å². The summed E-state index contributed by atoms with van der Waals surface area (Å²) >= 11 is 0. The van der Waals surface area contributed by atoms with E-state index >= 15 is 0 Å². The van der Waals surface area contributed by atoms with Gasteiger partial charge in [-0.2, -0.15) is 0 Å². The Morgan fingerprint density at radius 3 is 1.25 bits per heavy atom. The van der Waals surface area contributed by atoms with Gasteiger partial charge in [0.15, 0.2) is 0 Å². The molecule has 0 aliphatic rings. The maximum atomic E-state index is 0. The molecule has 0 rings (SSSR count). The summed E-state index contributed by atoms with van der Waals surface area (Å²) in [6, 6.07) is 0. The van der Waals surface area contributed by atoms with Crippen LogP contribution in [0, 0.1) is 0 Å². The van der Waals surface area contributed by atoms with Crippen LogP contribution in [0.2, 0.25) is 0 Å². The number of hydrogen-bond donors (Lipinski definition) is 0. The Kier molecular flexibility index (Phi) is 172. The van der Waals surface area contributed by atoms with Crippen molar-refractivity contribution in [3.8, 4) is 0 Å². The van der Waals surface area contributed by atoms with Crippen LogP contribution in [0.5, 0.6) is 0 Å². The van der Waals surface area contributed by atoms with E-state index in [0.29, 0.717) is 0 Å². The van der Waals surface area contributed by atoms with Crippen molar-refractivity contribution in [1.29, 1.82) is 0 Å². The fourth-order valence-corrected chi connectivity index (χ4v) is 0. The van der Waals surface area contributed by atoms with Crippen LogP contribution in [0.1, 0.15) is 2.85 Å². The van der Waals surface area contributed by atoms with Crippen molar-refractivity contribution in [2.75, 3.05) is 0 Å². The molecule has 0 bridgehead atoms.